The van der Waals surface area contributed by atoms with Crippen molar-refractivity contribution in [3.8, 4) is 0 Å². The number of aliphatic hydroxyl groups is 1. The summed E-state index contributed by atoms with van der Waals surface area (Å²) < 4.78 is 30.0. The van der Waals surface area contributed by atoms with E-state index in [0.717, 1.165) is 12.8 Å². The molecule has 0 aromatic carbocycles. The molecular weight excluding hydrogens is 258 g/mol. The van der Waals surface area contributed by atoms with Crippen LogP contribution in [0.1, 0.15) is 32.6 Å². The Morgan fingerprint density at radius 1 is 1.56 bits per heavy atom. The Hall–Kier alpha value is -0.660. The molecule has 0 saturated carbocycles. The Morgan fingerprint density at radius 2 is 2.22 bits per heavy atom. The Bertz CT molecular complexity index is 379. The fraction of sp³-hybridized carbons (Fsp3) is 0.909. The largest absolute Gasteiger partial charge is 0.469 e. The number of ether oxygens (including phenoxy) is 1. The normalized spacial score (nSPS) is 22.9. The smallest absolute Gasteiger partial charge is 0.306 e. The Labute approximate surface area is 108 Å². The second-order valence-corrected chi connectivity index (χ2v) is 6.67. The van der Waals surface area contributed by atoms with Crippen molar-refractivity contribution < 1.29 is 23.1 Å². The molecular formula is C11H21NO5S. The highest BCUT2D eigenvalue weighted by Crippen LogP contribution is 2.25. The highest BCUT2D eigenvalue weighted by atomic mass is 32.2. The van der Waals surface area contributed by atoms with Gasteiger partial charge in [0.25, 0.3) is 0 Å². The zero-order valence-electron chi connectivity index (χ0n) is 10.8. The van der Waals surface area contributed by atoms with Crippen LogP contribution in [0.2, 0.25) is 0 Å². The third-order valence-corrected chi connectivity index (χ3v) is 5.00. The molecule has 0 aromatic heterocycles. The fourth-order valence-corrected chi connectivity index (χ4v) is 3.95. The van der Waals surface area contributed by atoms with Crippen LogP contribution in [0.25, 0.3) is 0 Å². The fourth-order valence-electron chi connectivity index (χ4n) is 2.24. The average Bonchev–Trinajstić information content (AvgIpc) is 2.74. The molecule has 1 aliphatic heterocycles. The topological polar surface area (TPSA) is 83.9 Å². The van der Waals surface area contributed by atoms with Crippen LogP contribution in [-0.2, 0) is 19.6 Å². The standard InChI is InChI=1S/C11H21NO5S/c1-9(13)8-10-4-3-6-12(10)18(15,16)7-5-11(14)17-2/h9-10,13H,3-8H2,1-2H3. The third kappa shape index (κ3) is 4.22. The number of hydrogen-bond acceptors (Lipinski definition) is 5. The van der Waals surface area contributed by atoms with Gasteiger partial charge < -0.3 is 9.84 Å². The van der Waals surface area contributed by atoms with Crippen LogP contribution in [0.15, 0.2) is 0 Å². The zero-order chi connectivity index (χ0) is 13.8. The predicted molar refractivity (Wildman–Crippen MR) is 66.4 cm³/mol. The highest BCUT2D eigenvalue weighted by Gasteiger charge is 2.34. The summed E-state index contributed by atoms with van der Waals surface area (Å²) in [6.07, 6.45) is 1.36. The number of aliphatic hydroxyl groups excluding tert-OH is 1. The lowest BCUT2D eigenvalue weighted by molar-refractivity contribution is -0.140. The molecule has 18 heavy (non-hydrogen) atoms. The molecule has 0 bridgehead atoms. The van der Waals surface area contributed by atoms with Gasteiger partial charge >= 0.3 is 5.97 Å². The summed E-state index contributed by atoms with van der Waals surface area (Å²) in [7, 11) is -2.20. The van der Waals surface area contributed by atoms with Crippen LogP contribution in [0.4, 0.5) is 0 Å². The highest BCUT2D eigenvalue weighted by molar-refractivity contribution is 7.89. The molecule has 0 aromatic rings. The number of nitrogens with zero attached hydrogens (tertiary/aromatic N) is 1. The molecule has 7 heteroatoms. The number of esters is 1. The minimum atomic E-state index is -3.44. The molecule has 106 valence electrons. The van der Waals surface area contributed by atoms with Crippen LogP contribution in [0, 0.1) is 0 Å². The van der Waals surface area contributed by atoms with Gasteiger partial charge in [0.2, 0.25) is 10.0 Å². The molecule has 1 saturated heterocycles. The Morgan fingerprint density at radius 3 is 2.78 bits per heavy atom. The van der Waals surface area contributed by atoms with Crippen molar-refractivity contribution in [1.82, 2.24) is 4.31 Å². The van der Waals surface area contributed by atoms with Gasteiger partial charge in [-0.3, -0.25) is 4.79 Å². The first-order valence-electron chi connectivity index (χ1n) is 6.11. The first-order valence-corrected chi connectivity index (χ1v) is 7.72. The summed E-state index contributed by atoms with van der Waals surface area (Å²) in [5, 5.41) is 9.36. The number of carbonyl (C=O) groups is 1. The summed E-state index contributed by atoms with van der Waals surface area (Å²) in [6, 6.07) is -0.146. The van der Waals surface area contributed by atoms with Gasteiger partial charge in [0.15, 0.2) is 0 Å². The molecule has 1 rings (SSSR count). The zero-order valence-corrected chi connectivity index (χ0v) is 11.6. The van der Waals surface area contributed by atoms with Crippen molar-refractivity contribution in [1.29, 1.82) is 0 Å². The van der Waals surface area contributed by atoms with Gasteiger partial charge in [-0.15, -0.1) is 0 Å². The van der Waals surface area contributed by atoms with Crippen molar-refractivity contribution in [2.45, 2.75) is 44.8 Å². The molecule has 1 aliphatic rings. The molecule has 2 atom stereocenters. The summed E-state index contributed by atoms with van der Waals surface area (Å²) in [6.45, 7) is 2.12. The van der Waals surface area contributed by atoms with Gasteiger partial charge in [-0.05, 0) is 26.2 Å². The van der Waals surface area contributed by atoms with Gasteiger partial charge in [0.05, 0.1) is 25.4 Å². The number of carbonyl (C=O) groups excluding carboxylic acids is 1. The minimum absolute atomic E-state index is 0.128. The van der Waals surface area contributed by atoms with E-state index in [1.807, 2.05) is 0 Å². The Balaban J connectivity index is 2.62. The van der Waals surface area contributed by atoms with Crippen LogP contribution >= 0.6 is 0 Å². The van der Waals surface area contributed by atoms with E-state index in [0.29, 0.717) is 13.0 Å². The maximum atomic E-state index is 12.1. The number of rotatable bonds is 6. The summed E-state index contributed by atoms with van der Waals surface area (Å²) >= 11 is 0. The van der Waals surface area contributed by atoms with E-state index in [4.69, 9.17) is 0 Å². The van der Waals surface area contributed by atoms with Gasteiger partial charge in [0.1, 0.15) is 0 Å². The molecule has 1 heterocycles. The second kappa shape index (κ2) is 6.49. The van der Waals surface area contributed by atoms with Crippen LogP contribution in [0.3, 0.4) is 0 Å². The number of hydrogen-bond donors (Lipinski definition) is 1. The SMILES string of the molecule is COC(=O)CCS(=O)(=O)N1CCCC1CC(C)O. The van der Waals surface area contributed by atoms with Gasteiger partial charge in [-0.25, -0.2) is 8.42 Å². The minimum Gasteiger partial charge on any atom is -0.469 e. The maximum absolute atomic E-state index is 12.1. The van der Waals surface area contributed by atoms with E-state index in [1.165, 1.54) is 11.4 Å². The molecule has 0 aliphatic carbocycles. The van der Waals surface area contributed by atoms with Crippen molar-refractivity contribution >= 4 is 16.0 Å². The van der Waals surface area contributed by atoms with E-state index >= 15 is 0 Å². The summed E-state index contributed by atoms with van der Waals surface area (Å²) in [5.74, 6) is -0.749. The lowest BCUT2D eigenvalue weighted by Gasteiger charge is -2.24. The van der Waals surface area contributed by atoms with Crippen molar-refractivity contribution in [2.24, 2.45) is 0 Å². The first kappa shape index (κ1) is 15.4. The van der Waals surface area contributed by atoms with Crippen molar-refractivity contribution in [3.63, 3.8) is 0 Å². The predicted octanol–water partition coefficient (Wildman–Crippen LogP) is 0.115. The third-order valence-electron chi connectivity index (χ3n) is 3.09. The molecule has 0 spiro atoms. The van der Waals surface area contributed by atoms with Gasteiger partial charge in [-0.2, -0.15) is 4.31 Å². The number of sulfonamides is 1. The molecule has 2 unspecified atom stereocenters. The number of methoxy groups -OCH3 is 1. The van der Waals surface area contributed by atoms with Crippen molar-refractivity contribution in [2.75, 3.05) is 19.4 Å². The average molecular weight is 279 g/mol. The Kier molecular flexibility index (Phi) is 5.55. The molecule has 0 amide bonds. The van der Waals surface area contributed by atoms with E-state index in [9.17, 15) is 18.3 Å². The molecule has 1 N–H and O–H groups in total. The quantitative estimate of drug-likeness (QED) is 0.698. The monoisotopic (exact) mass is 279 g/mol. The van der Waals surface area contributed by atoms with Gasteiger partial charge in [-0.1, -0.05) is 0 Å². The lowest BCUT2D eigenvalue weighted by Crippen LogP contribution is -2.39. The van der Waals surface area contributed by atoms with E-state index in [2.05, 4.69) is 4.74 Å². The summed E-state index contributed by atoms with van der Waals surface area (Å²) in [4.78, 5) is 11.0. The summed E-state index contributed by atoms with van der Waals surface area (Å²) in [5.41, 5.74) is 0. The van der Waals surface area contributed by atoms with E-state index in [-0.39, 0.29) is 18.2 Å². The molecule has 6 nitrogen and oxygen atoms in total. The van der Waals surface area contributed by atoms with E-state index < -0.39 is 22.1 Å². The van der Waals surface area contributed by atoms with E-state index in [1.54, 1.807) is 6.92 Å². The maximum Gasteiger partial charge on any atom is 0.306 e. The molecule has 1 fully saturated rings. The second-order valence-electron chi connectivity index (χ2n) is 4.63. The van der Waals surface area contributed by atoms with Crippen LogP contribution < -0.4 is 0 Å². The van der Waals surface area contributed by atoms with Gasteiger partial charge in [0, 0.05) is 12.6 Å². The van der Waals surface area contributed by atoms with Crippen molar-refractivity contribution in [3.05, 3.63) is 0 Å². The van der Waals surface area contributed by atoms with Crippen LogP contribution in [0.5, 0.6) is 0 Å². The first-order chi connectivity index (χ1) is 8.36. The molecule has 0 radical (unpaired) electrons. The van der Waals surface area contributed by atoms with Crippen LogP contribution in [-0.4, -0.2) is 55.4 Å². The lowest BCUT2D eigenvalue weighted by atomic mass is 10.1.